The van der Waals surface area contributed by atoms with Crippen molar-refractivity contribution >= 4 is 11.7 Å². The first kappa shape index (κ1) is 14.1. The largest absolute Gasteiger partial charge is 0.497 e. The van der Waals surface area contributed by atoms with Crippen molar-refractivity contribution in [1.29, 1.82) is 0 Å². The number of amides is 2. The van der Waals surface area contributed by atoms with Gasteiger partial charge in [-0.15, -0.1) is 0 Å². The summed E-state index contributed by atoms with van der Waals surface area (Å²) in [4.78, 5) is 14.8. The quantitative estimate of drug-likeness (QED) is 0.873. The molecule has 0 unspecified atom stereocenters. The molecule has 5 nitrogen and oxygen atoms in total. The molecule has 0 saturated carbocycles. The van der Waals surface area contributed by atoms with E-state index in [2.05, 4.69) is 11.1 Å². The number of anilines is 1. The topological polar surface area (TPSA) is 36.0 Å². The molecule has 118 valence electrons. The van der Waals surface area contributed by atoms with Crippen molar-refractivity contribution in [2.45, 2.75) is 12.6 Å². The van der Waals surface area contributed by atoms with Gasteiger partial charge in [0.15, 0.2) is 0 Å². The fourth-order valence-corrected chi connectivity index (χ4v) is 3.42. The second-order valence-electron chi connectivity index (χ2n) is 5.78. The van der Waals surface area contributed by atoms with Gasteiger partial charge in [-0.05, 0) is 36.2 Å². The number of methoxy groups -OCH3 is 1. The number of para-hydroxylation sites is 1. The Morgan fingerprint density at radius 2 is 1.87 bits per heavy atom. The SMILES string of the molecule is COc1cccc([C@H]2N(c3ccccc3)C(=O)N3CCCN23)c1. The van der Waals surface area contributed by atoms with Gasteiger partial charge in [-0.25, -0.2) is 4.79 Å². The maximum atomic E-state index is 12.9. The molecule has 0 radical (unpaired) electrons. The van der Waals surface area contributed by atoms with Crippen LogP contribution in [0.3, 0.4) is 0 Å². The Morgan fingerprint density at radius 1 is 1.04 bits per heavy atom. The number of urea groups is 1. The minimum absolute atomic E-state index is 0.0431. The third-order valence-electron chi connectivity index (χ3n) is 4.45. The van der Waals surface area contributed by atoms with E-state index in [9.17, 15) is 4.79 Å². The van der Waals surface area contributed by atoms with E-state index in [1.165, 1.54) is 0 Å². The van der Waals surface area contributed by atoms with Crippen LogP contribution >= 0.6 is 0 Å². The Kier molecular flexibility index (Phi) is 3.42. The number of hydrogen-bond donors (Lipinski definition) is 0. The van der Waals surface area contributed by atoms with Crippen LogP contribution in [-0.2, 0) is 0 Å². The molecule has 1 atom stereocenters. The van der Waals surface area contributed by atoms with Gasteiger partial charge in [-0.2, -0.15) is 5.01 Å². The Morgan fingerprint density at radius 3 is 2.65 bits per heavy atom. The second kappa shape index (κ2) is 5.59. The van der Waals surface area contributed by atoms with Crippen LogP contribution in [0.4, 0.5) is 10.5 Å². The minimum Gasteiger partial charge on any atom is -0.497 e. The molecule has 0 bridgehead atoms. The summed E-state index contributed by atoms with van der Waals surface area (Å²) in [5, 5.41) is 4.02. The smallest absolute Gasteiger partial charge is 0.340 e. The summed E-state index contributed by atoms with van der Waals surface area (Å²) in [6.07, 6.45) is 0.886. The van der Waals surface area contributed by atoms with Crippen LogP contribution < -0.4 is 9.64 Å². The molecule has 23 heavy (non-hydrogen) atoms. The minimum atomic E-state index is -0.123. The van der Waals surface area contributed by atoms with Crippen LogP contribution in [0, 0.1) is 0 Å². The molecule has 2 amide bonds. The predicted molar refractivity (Wildman–Crippen MR) is 88.1 cm³/mol. The first-order valence-electron chi connectivity index (χ1n) is 7.86. The van der Waals surface area contributed by atoms with Gasteiger partial charge < -0.3 is 4.74 Å². The number of nitrogens with zero attached hydrogens (tertiary/aromatic N) is 3. The summed E-state index contributed by atoms with van der Waals surface area (Å²) < 4.78 is 5.36. The van der Waals surface area contributed by atoms with Crippen LogP contribution in [0.1, 0.15) is 18.2 Å². The average molecular weight is 309 g/mol. The summed E-state index contributed by atoms with van der Waals surface area (Å²) in [6, 6.07) is 17.9. The normalized spacial score (nSPS) is 20.9. The van der Waals surface area contributed by atoms with Crippen LogP contribution in [0.15, 0.2) is 54.6 Å². The molecule has 0 N–H and O–H groups in total. The lowest BCUT2D eigenvalue weighted by atomic mass is 10.1. The summed E-state index contributed by atoms with van der Waals surface area (Å²) in [6.45, 7) is 1.67. The van der Waals surface area contributed by atoms with Crippen LogP contribution in [0.25, 0.3) is 0 Å². The monoisotopic (exact) mass is 309 g/mol. The molecule has 2 aromatic carbocycles. The van der Waals surface area contributed by atoms with Gasteiger partial charge in [0, 0.05) is 18.8 Å². The van der Waals surface area contributed by atoms with E-state index >= 15 is 0 Å². The van der Waals surface area contributed by atoms with E-state index in [1.54, 1.807) is 7.11 Å². The van der Waals surface area contributed by atoms with Crippen LogP contribution in [0.2, 0.25) is 0 Å². The van der Waals surface area contributed by atoms with Gasteiger partial charge in [0.2, 0.25) is 0 Å². The lowest BCUT2D eigenvalue weighted by Crippen LogP contribution is -2.32. The van der Waals surface area contributed by atoms with Crippen molar-refractivity contribution in [3.8, 4) is 5.75 Å². The van der Waals surface area contributed by atoms with Crippen molar-refractivity contribution < 1.29 is 9.53 Å². The molecule has 2 aromatic rings. The molecular formula is C18H19N3O2. The zero-order valence-electron chi connectivity index (χ0n) is 13.1. The lowest BCUT2D eigenvalue weighted by molar-refractivity contribution is 0.0727. The first-order valence-corrected chi connectivity index (χ1v) is 7.86. The van der Waals surface area contributed by atoms with Crippen molar-refractivity contribution in [2.75, 3.05) is 25.1 Å². The van der Waals surface area contributed by atoms with Crippen LogP contribution in [0.5, 0.6) is 5.75 Å². The molecule has 4 rings (SSSR count). The molecule has 2 saturated heterocycles. The number of ether oxygens (including phenoxy) is 1. The van der Waals surface area contributed by atoms with Crippen molar-refractivity contribution in [3.05, 3.63) is 60.2 Å². The molecule has 2 aliphatic heterocycles. The fraction of sp³-hybridized carbons (Fsp3) is 0.278. The van der Waals surface area contributed by atoms with Crippen molar-refractivity contribution in [3.63, 3.8) is 0 Å². The summed E-state index contributed by atoms with van der Waals surface area (Å²) in [5.41, 5.74) is 1.98. The third-order valence-corrected chi connectivity index (χ3v) is 4.45. The van der Waals surface area contributed by atoms with Gasteiger partial charge in [-0.3, -0.25) is 9.91 Å². The Bertz CT molecular complexity index is 719. The highest BCUT2D eigenvalue weighted by Gasteiger charge is 2.47. The number of rotatable bonds is 3. The molecule has 2 fully saturated rings. The highest BCUT2D eigenvalue weighted by molar-refractivity contribution is 5.94. The first-order chi connectivity index (χ1) is 11.3. The highest BCUT2D eigenvalue weighted by Crippen LogP contribution is 2.40. The lowest BCUT2D eigenvalue weighted by Gasteiger charge is -2.28. The van der Waals surface area contributed by atoms with Gasteiger partial charge in [-0.1, -0.05) is 30.3 Å². The second-order valence-corrected chi connectivity index (χ2v) is 5.78. The standard InChI is InChI=1S/C18H19N3O2/c1-23-16-10-5-7-14(13-16)17-19-11-6-12-20(19)18(22)21(17)15-8-3-2-4-9-15/h2-5,7-10,13,17H,6,11-12H2,1H3/t17-/m1/s1. The average Bonchev–Trinajstić information content (AvgIpc) is 3.18. The number of benzene rings is 2. The zero-order valence-corrected chi connectivity index (χ0v) is 13.1. The summed E-state index contributed by atoms with van der Waals surface area (Å²) >= 11 is 0. The molecule has 2 heterocycles. The maximum Gasteiger partial charge on any atom is 0.340 e. The molecule has 0 spiro atoms. The molecule has 2 aliphatic rings. The summed E-state index contributed by atoms with van der Waals surface area (Å²) in [5.74, 6) is 0.806. The van der Waals surface area contributed by atoms with Crippen molar-refractivity contribution in [2.24, 2.45) is 0 Å². The van der Waals surface area contributed by atoms with E-state index < -0.39 is 0 Å². The Balaban J connectivity index is 1.80. The number of carbonyl (C=O) groups is 1. The van der Waals surface area contributed by atoms with Gasteiger partial charge in [0.05, 0.1) is 7.11 Å². The van der Waals surface area contributed by atoms with E-state index in [0.717, 1.165) is 36.5 Å². The number of hydrazine groups is 1. The van der Waals surface area contributed by atoms with Gasteiger partial charge in [0.25, 0.3) is 0 Å². The van der Waals surface area contributed by atoms with Crippen molar-refractivity contribution in [1.82, 2.24) is 10.0 Å². The zero-order chi connectivity index (χ0) is 15.8. The van der Waals surface area contributed by atoms with E-state index in [0.29, 0.717) is 0 Å². The van der Waals surface area contributed by atoms with E-state index in [4.69, 9.17) is 4.74 Å². The van der Waals surface area contributed by atoms with E-state index in [1.807, 2.05) is 58.4 Å². The predicted octanol–water partition coefficient (Wildman–Crippen LogP) is 3.26. The van der Waals surface area contributed by atoms with Gasteiger partial charge in [0.1, 0.15) is 11.9 Å². The maximum absolute atomic E-state index is 12.9. The highest BCUT2D eigenvalue weighted by atomic mass is 16.5. The fourth-order valence-electron chi connectivity index (χ4n) is 3.42. The third kappa shape index (κ3) is 2.24. The Hall–Kier alpha value is -2.53. The summed E-state index contributed by atoms with van der Waals surface area (Å²) in [7, 11) is 1.66. The van der Waals surface area contributed by atoms with E-state index in [-0.39, 0.29) is 12.2 Å². The Labute approximate surface area is 135 Å². The molecule has 5 heteroatoms. The molecule has 0 aliphatic carbocycles. The molecule has 0 aromatic heterocycles. The molecular weight excluding hydrogens is 290 g/mol. The van der Waals surface area contributed by atoms with Gasteiger partial charge >= 0.3 is 6.03 Å². The van der Waals surface area contributed by atoms with Crippen LogP contribution in [-0.4, -0.2) is 36.2 Å². The number of hydrogen-bond acceptors (Lipinski definition) is 3. The number of fused-ring (bicyclic) bond motifs is 1. The number of carbonyl (C=O) groups excluding carboxylic acids is 1.